The summed E-state index contributed by atoms with van der Waals surface area (Å²) in [6.07, 6.45) is 0. The van der Waals surface area contributed by atoms with Crippen molar-refractivity contribution in [2.24, 2.45) is 0 Å². The lowest BCUT2D eigenvalue weighted by molar-refractivity contribution is -0.128. The minimum absolute atomic E-state index is 0.0525. The topological polar surface area (TPSA) is 72.3 Å². The molecule has 1 amide bonds. The molecule has 1 aromatic heterocycles. The van der Waals surface area contributed by atoms with Crippen molar-refractivity contribution in [2.75, 3.05) is 23.3 Å². The zero-order valence-corrected chi connectivity index (χ0v) is 24.7. The van der Waals surface area contributed by atoms with E-state index in [2.05, 4.69) is 70.0 Å². The van der Waals surface area contributed by atoms with Crippen molar-refractivity contribution in [3.8, 4) is 11.4 Å². The molecule has 0 aliphatic carbocycles. The number of hydrogen-bond donors (Lipinski definition) is 1. The van der Waals surface area contributed by atoms with Crippen molar-refractivity contribution in [1.29, 1.82) is 0 Å². The lowest BCUT2D eigenvalue weighted by atomic mass is 9.87. The SMILES string of the molecule is CCN(CC)c1ccc(-n2nc3cc(C)c(NC(=O)C(C)(C)Oc4ccc(C(C)(C)C)cc4)cc3n2)c(C)c1. The zero-order valence-electron chi connectivity index (χ0n) is 24.7. The summed E-state index contributed by atoms with van der Waals surface area (Å²) < 4.78 is 6.10. The highest BCUT2D eigenvalue weighted by Gasteiger charge is 2.31. The van der Waals surface area contributed by atoms with Gasteiger partial charge in [0.2, 0.25) is 0 Å². The second kappa shape index (κ2) is 10.7. The van der Waals surface area contributed by atoms with Crippen LogP contribution in [0.2, 0.25) is 0 Å². The summed E-state index contributed by atoms with van der Waals surface area (Å²) in [6, 6.07) is 18.1. The highest BCUT2D eigenvalue weighted by Crippen LogP contribution is 2.28. The smallest absolute Gasteiger partial charge is 0.267 e. The molecule has 0 saturated heterocycles. The summed E-state index contributed by atoms with van der Waals surface area (Å²) in [7, 11) is 0. The second-order valence-corrected chi connectivity index (χ2v) is 11.6. The van der Waals surface area contributed by atoms with Crippen LogP contribution in [-0.2, 0) is 10.2 Å². The molecule has 1 heterocycles. The molecule has 0 atom stereocenters. The summed E-state index contributed by atoms with van der Waals surface area (Å²) in [6.45, 7) is 20.3. The monoisotopic (exact) mass is 527 g/mol. The predicted molar refractivity (Wildman–Crippen MR) is 160 cm³/mol. The third-order valence-electron chi connectivity index (χ3n) is 7.14. The van der Waals surface area contributed by atoms with E-state index in [4.69, 9.17) is 14.9 Å². The minimum Gasteiger partial charge on any atom is -0.478 e. The minimum atomic E-state index is -1.08. The maximum Gasteiger partial charge on any atom is 0.267 e. The van der Waals surface area contributed by atoms with E-state index < -0.39 is 5.60 Å². The molecule has 0 bridgehead atoms. The molecule has 0 radical (unpaired) electrons. The van der Waals surface area contributed by atoms with Gasteiger partial charge in [0.05, 0.1) is 5.69 Å². The Kier molecular flexibility index (Phi) is 7.73. The molecule has 0 saturated carbocycles. The van der Waals surface area contributed by atoms with Crippen molar-refractivity contribution in [2.45, 2.75) is 73.3 Å². The maximum atomic E-state index is 13.3. The molecule has 0 fully saturated rings. The first-order chi connectivity index (χ1) is 18.3. The summed E-state index contributed by atoms with van der Waals surface area (Å²) in [5, 5.41) is 12.5. The fourth-order valence-electron chi connectivity index (χ4n) is 4.60. The first kappa shape index (κ1) is 28.1. The average Bonchev–Trinajstić information content (AvgIpc) is 3.26. The van der Waals surface area contributed by atoms with Gasteiger partial charge in [-0.15, -0.1) is 10.2 Å². The van der Waals surface area contributed by atoms with Gasteiger partial charge in [0, 0.05) is 24.5 Å². The van der Waals surface area contributed by atoms with E-state index >= 15 is 0 Å². The van der Waals surface area contributed by atoms with Gasteiger partial charge in [0.25, 0.3) is 5.91 Å². The molecule has 0 aliphatic rings. The van der Waals surface area contributed by atoms with Gasteiger partial charge in [-0.2, -0.15) is 4.80 Å². The van der Waals surface area contributed by atoms with Crippen LogP contribution in [0.5, 0.6) is 5.75 Å². The number of anilines is 2. The van der Waals surface area contributed by atoms with Crippen LogP contribution in [0, 0.1) is 13.8 Å². The molecule has 206 valence electrons. The third kappa shape index (κ3) is 6.08. The molecule has 7 nitrogen and oxygen atoms in total. The number of carbonyl (C=O) groups is 1. The van der Waals surface area contributed by atoms with Crippen LogP contribution in [-0.4, -0.2) is 39.6 Å². The Bertz CT molecular complexity index is 1480. The van der Waals surface area contributed by atoms with Crippen LogP contribution >= 0.6 is 0 Å². The number of carbonyl (C=O) groups excluding carboxylic acids is 1. The van der Waals surface area contributed by atoms with Crippen LogP contribution in [0.3, 0.4) is 0 Å². The fourth-order valence-corrected chi connectivity index (χ4v) is 4.60. The summed E-state index contributed by atoms with van der Waals surface area (Å²) >= 11 is 0. The predicted octanol–water partition coefficient (Wildman–Crippen LogP) is 6.98. The summed E-state index contributed by atoms with van der Waals surface area (Å²) in [4.78, 5) is 17.3. The van der Waals surface area contributed by atoms with Gasteiger partial charge in [0.15, 0.2) is 5.60 Å². The molecule has 7 heteroatoms. The Morgan fingerprint density at radius 2 is 1.49 bits per heavy atom. The number of hydrogen-bond acceptors (Lipinski definition) is 5. The summed E-state index contributed by atoms with van der Waals surface area (Å²) in [5.41, 5.74) is 6.47. The maximum absolute atomic E-state index is 13.3. The number of benzene rings is 3. The Morgan fingerprint density at radius 3 is 2.05 bits per heavy atom. The zero-order chi connectivity index (χ0) is 28.5. The fraction of sp³-hybridized carbons (Fsp3) is 0.406. The molecule has 1 N–H and O–H groups in total. The number of nitrogens with zero attached hydrogens (tertiary/aromatic N) is 4. The quantitative estimate of drug-likeness (QED) is 0.268. The molecule has 39 heavy (non-hydrogen) atoms. The molecule has 4 rings (SSSR count). The number of fused-ring (bicyclic) bond motifs is 1. The number of aromatic nitrogens is 3. The average molecular weight is 528 g/mol. The molecule has 3 aromatic carbocycles. The molecular weight excluding hydrogens is 486 g/mol. The molecule has 0 unspecified atom stereocenters. The number of nitrogens with one attached hydrogen (secondary N) is 1. The lowest BCUT2D eigenvalue weighted by Crippen LogP contribution is -2.42. The van der Waals surface area contributed by atoms with E-state index in [0.717, 1.165) is 35.4 Å². The number of amides is 1. The number of aryl methyl sites for hydroxylation is 2. The Balaban J connectivity index is 1.54. The van der Waals surface area contributed by atoms with Gasteiger partial charge >= 0.3 is 0 Å². The van der Waals surface area contributed by atoms with Crippen LogP contribution < -0.4 is 15.0 Å². The van der Waals surface area contributed by atoms with E-state index in [-0.39, 0.29) is 11.3 Å². The largest absolute Gasteiger partial charge is 0.478 e. The molecule has 4 aromatic rings. The van der Waals surface area contributed by atoms with Gasteiger partial charge in [-0.25, -0.2) is 0 Å². The van der Waals surface area contributed by atoms with Gasteiger partial charge in [-0.3, -0.25) is 4.79 Å². The highest BCUT2D eigenvalue weighted by atomic mass is 16.5. The van der Waals surface area contributed by atoms with E-state index in [1.54, 1.807) is 18.6 Å². The van der Waals surface area contributed by atoms with Crippen molar-refractivity contribution in [1.82, 2.24) is 15.0 Å². The Labute approximate surface area is 232 Å². The number of rotatable bonds is 8. The van der Waals surface area contributed by atoms with E-state index in [9.17, 15) is 4.79 Å². The first-order valence-corrected chi connectivity index (χ1v) is 13.7. The van der Waals surface area contributed by atoms with Crippen LogP contribution in [0.1, 0.15) is 65.2 Å². The number of ether oxygens (including phenoxy) is 1. The molecule has 0 spiro atoms. The van der Waals surface area contributed by atoms with Gasteiger partial charge in [-0.1, -0.05) is 32.9 Å². The third-order valence-corrected chi connectivity index (χ3v) is 7.14. The van der Waals surface area contributed by atoms with Crippen molar-refractivity contribution in [3.05, 3.63) is 71.3 Å². The standard InChI is InChI=1S/C32H41N5O2/c1-10-36(11-2)24-14-17-29(22(4)18-24)37-34-27-19-21(3)26(20-28(27)35-37)33-30(38)32(8,9)39-25-15-12-23(13-16-25)31(5,6)7/h12-20H,10-11H2,1-9H3,(H,33,38). The highest BCUT2D eigenvalue weighted by molar-refractivity contribution is 5.99. The van der Waals surface area contributed by atoms with Crippen molar-refractivity contribution < 1.29 is 9.53 Å². The molecule has 0 aliphatic heterocycles. The summed E-state index contributed by atoms with van der Waals surface area (Å²) in [5.74, 6) is 0.417. The lowest BCUT2D eigenvalue weighted by Gasteiger charge is -2.26. The van der Waals surface area contributed by atoms with Gasteiger partial charge < -0.3 is 15.0 Å². The van der Waals surface area contributed by atoms with Gasteiger partial charge in [0.1, 0.15) is 16.8 Å². The van der Waals surface area contributed by atoms with Crippen LogP contribution in [0.25, 0.3) is 16.7 Å². The normalized spacial score (nSPS) is 12.0. The first-order valence-electron chi connectivity index (χ1n) is 13.7. The van der Waals surface area contributed by atoms with Crippen molar-refractivity contribution >= 4 is 28.3 Å². The Morgan fingerprint density at radius 1 is 0.872 bits per heavy atom. The van der Waals surface area contributed by atoms with Crippen LogP contribution in [0.15, 0.2) is 54.6 Å². The van der Waals surface area contributed by atoms with E-state index in [0.29, 0.717) is 17.0 Å². The van der Waals surface area contributed by atoms with Crippen LogP contribution in [0.4, 0.5) is 11.4 Å². The van der Waals surface area contributed by atoms with E-state index in [1.165, 1.54) is 11.3 Å². The van der Waals surface area contributed by atoms with Gasteiger partial charge in [-0.05, 0) is 106 Å². The van der Waals surface area contributed by atoms with Crippen molar-refractivity contribution in [3.63, 3.8) is 0 Å². The Hall–Kier alpha value is -3.87. The second-order valence-electron chi connectivity index (χ2n) is 11.6. The van der Waals surface area contributed by atoms with E-state index in [1.807, 2.05) is 43.3 Å². The molecular formula is C32H41N5O2.